The molecular weight excluding hydrogens is 551 g/mol. The molecule has 0 saturated carbocycles. The number of benzene rings is 3. The quantitative estimate of drug-likeness (QED) is 0.277. The topological polar surface area (TPSA) is 30.0 Å². The fourth-order valence-electron chi connectivity index (χ4n) is 6.63. The van der Waals surface area contributed by atoms with Gasteiger partial charge in [0.1, 0.15) is 5.41 Å². The van der Waals surface area contributed by atoms with E-state index in [4.69, 9.17) is 23.2 Å². The summed E-state index contributed by atoms with van der Waals surface area (Å²) in [5.74, 6) is 0.839. The first-order chi connectivity index (χ1) is 19.9. The molecule has 1 atom stereocenters. The van der Waals surface area contributed by atoms with Crippen molar-refractivity contribution in [3.63, 3.8) is 0 Å². The standard InChI is InChI=1S/C34H42Cl2N4O/c1-37(2)33(41)34(28-10-5-3-6-11-28,29-12-7-4-8-13-29)18-21-39-20-17-27(26-39)16-19-38-22-24-40(25-23-38)31-15-9-14-30(35)32(31)36/h3-15,27H,16-26H2,1-2H3. The molecule has 1 amide bonds. The Morgan fingerprint density at radius 1 is 0.805 bits per heavy atom. The van der Waals surface area contributed by atoms with E-state index in [0.29, 0.717) is 16.0 Å². The molecule has 5 nitrogen and oxygen atoms in total. The minimum atomic E-state index is -0.699. The van der Waals surface area contributed by atoms with Crippen molar-refractivity contribution in [1.29, 1.82) is 0 Å². The molecule has 2 aliphatic rings. The number of hydrogen-bond donors (Lipinski definition) is 0. The Morgan fingerprint density at radius 2 is 1.44 bits per heavy atom. The van der Waals surface area contributed by atoms with Gasteiger partial charge in [0.15, 0.2) is 0 Å². The first-order valence-electron chi connectivity index (χ1n) is 14.8. The predicted octanol–water partition coefficient (Wildman–Crippen LogP) is 6.29. The monoisotopic (exact) mass is 592 g/mol. The molecule has 7 heteroatoms. The number of likely N-dealkylation sites (tertiary alicyclic amines) is 1. The second kappa shape index (κ2) is 13.6. The van der Waals surface area contributed by atoms with E-state index in [2.05, 4.69) is 45.0 Å². The Labute approximate surface area is 255 Å². The van der Waals surface area contributed by atoms with E-state index in [9.17, 15) is 4.79 Å². The Hall–Kier alpha value is -2.57. The summed E-state index contributed by atoms with van der Waals surface area (Å²) in [5, 5.41) is 1.28. The number of carbonyl (C=O) groups excluding carboxylic acids is 1. The van der Waals surface area contributed by atoms with Crippen molar-refractivity contribution in [2.24, 2.45) is 5.92 Å². The van der Waals surface area contributed by atoms with Crippen LogP contribution in [0.1, 0.15) is 30.4 Å². The van der Waals surface area contributed by atoms with Gasteiger partial charge in [-0.3, -0.25) is 9.69 Å². The van der Waals surface area contributed by atoms with Gasteiger partial charge in [-0.15, -0.1) is 0 Å². The van der Waals surface area contributed by atoms with Crippen LogP contribution in [0.25, 0.3) is 0 Å². The van der Waals surface area contributed by atoms with Gasteiger partial charge in [-0.1, -0.05) is 89.9 Å². The fraction of sp³-hybridized carbons (Fsp3) is 0.441. The van der Waals surface area contributed by atoms with E-state index in [1.165, 1.54) is 12.8 Å². The number of likely N-dealkylation sites (N-methyl/N-ethyl adjacent to an activating group) is 1. The van der Waals surface area contributed by atoms with E-state index in [1.807, 2.05) is 62.6 Å². The molecule has 0 spiro atoms. The van der Waals surface area contributed by atoms with Gasteiger partial charge in [0.05, 0.1) is 15.7 Å². The zero-order valence-corrected chi connectivity index (χ0v) is 25.8. The zero-order valence-electron chi connectivity index (χ0n) is 24.3. The summed E-state index contributed by atoms with van der Waals surface area (Å²) < 4.78 is 0. The predicted molar refractivity (Wildman–Crippen MR) is 171 cm³/mol. The minimum absolute atomic E-state index is 0.142. The van der Waals surface area contributed by atoms with Crippen LogP contribution in [0.4, 0.5) is 5.69 Å². The number of amides is 1. The van der Waals surface area contributed by atoms with Crippen LogP contribution in [-0.4, -0.2) is 87.1 Å². The van der Waals surface area contributed by atoms with E-state index in [1.54, 1.807) is 4.90 Å². The second-order valence-corrected chi connectivity index (χ2v) is 12.5. The van der Waals surface area contributed by atoms with E-state index in [-0.39, 0.29) is 5.91 Å². The second-order valence-electron chi connectivity index (χ2n) is 11.7. The Morgan fingerprint density at radius 3 is 2.05 bits per heavy atom. The summed E-state index contributed by atoms with van der Waals surface area (Å²) in [6, 6.07) is 26.6. The number of anilines is 1. The molecule has 2 heterocycles. The van der Waals surface area contributed by atoms with Gasteiger partial charge < -0.3 is 14.7 Å². The molecule has 1 unspecified atom stereocenters. The third kappa shape index (κ3) is 6.75. The van der Waals surface area contributed by atoms with Crippen LogP contribution in [0.5, 0.6) is 0 Å². The molecule has 218 valence electrons. The lowest BCUT2D eigenvalue weighted by molar-refractivity contribution is -0.133. The number of hydrogen-bond acceptors (Lipinski definition) is 4. The van der Waals surface area contributed by atoms with E-state index >= 15 is 0 Å². The summed E-state index contributed by atoms with van der Waals surface area (Å²) in [4.78, 5) is 23.2. The molecule has 3 aromatic rings. The molecule has 2 fully saturated rings. The summed E-state index contributed by atoms with van der Waals surface area (Å²) in [5.41, 5.74) is 2.48. The highest BCUT2D eigenvalue weighted by atomic mass is 35.5. The maximum Gasteiger partial charge on any atom is 0.237 e. The summed E-state index contributed by atoms with van der Waals surface area (Å²) in [7, 11) is 3.75. The van der Waals surface area contributed by atoms with Crippen molar-refractivity contribution in [2.75, 3.05) is 71.4 Å². The van der Waals surface area contributed by atoms with Crippen molar-refractivity contribution in [3.05, 3.63) is 100 Å². The van der Waals surface area contributed by atoms with Crippen molar-refractivity contribution >= 4 is 34.8 Å². The van der Waals surface area contributed by atoms with Gasteiger partial charge in [0, 0.05) is 46.8 Å². The van der Waals surface area contributed by atoms with Crippen LogP contribution in [0.2, 0.25) is 10.0 Å². The highest BCUT2D eigenvalue weighted by molar-refractivity contribution is 6.43. The average molecular weight is 594 g/mol. The largest absolute Gasteiger partial charge is 0.368 e. The number of rotatable bonds is 10. The van der Waals surface area contributed by atoms with Gasteiger partial charge in [-0.25, -0.2) is 0 Å². The summed E-state index contributed by atoms with van der Waals surface area (Å²) in [6.07, 6.45) is 3.20. The maximum atomic E-state index is 13.9. The summed E-state index contributed by atoms with van der Waals surface area (Å²) in [6.45, 7) is 8.27. The number of piperazine rings is 1. The first-order valence-corrected chi connectivity index (χ1v) is 15.6. The minimum Gasteiger partial charge on any atom is -0.368 e. The Balaban J connectivity index is 1.17. The third-order valence-corrected chi connectivity index (χ3v) is 9.78. The van der Waals surface area contributed by atoms with Crippen LogP contribution in [0.15, 0.2) is 78.9 Å². The van der Waals surface area contributed by atoms with Crippen molar-refractivity contribution in [2.45, 2.75) is 24.7 Å². The number of nitrogens with zero attached hydrogens (tertiary/aromatic N) is 4. The smallest absolute Gasteiger partial charge is 0.237 e. The van der Waals surface area contributed by atoms with Crippen LogP contribution in [-0.2, 0) is 10.2 Å². The molecule has 0 aliphatic carbocycles. The molecule has 2 aliphatic heterocycles. The van der Waals surface area contributed by atoms with Crippen molar-refractivity contribution in [3.8, 4) is 0 Å². The Bertz CT molecular complexity index is 1240. The fourth-order valence-corrected chi connectivity index (χ4v) is 7.04. The molecule has 5 rings (SSSR count). The summed E-state index contributed by atoms with van der Waals surface area (Å²) >= 11 is 12.7. The molecule has 2 saturated heterocycles. The van der Waals surface area contributed by atoms with E-state index in [0.717, 1.165) is 75.6 Å². The van der Waals surface area contributed by atoms with Gasteiger partial charge >= 0.3 is 0 Å². The average Bonchev–Trinajstić information content (AvgIpc) is 3.47. The highest BCUT2D eigenvalue weighted by Crippen LogP contribution is 2.38. The van der Waals surface area contributed by atoms with Crippen LogP contribution >= 0.6 is 23.2 Å². The number of carbonyl (C=O) groups is 1. The number of halogens is 2. The lowest BCUT2D eigenvalue weighted by atomic mass is 9.70. The molecule has 0 bridgehead atoms. The maximum absolute atomic E-state index is 13.9. The first kappa shape index (κ1) is 29.9. The lowest BCUT2D eigenvalue weighted by Crippen LogP contribution is -2.47. The molecule has 0 aromatic heterocycles. The van der Waals surface area contributed by atoms with Gasteiger partial charge in [-0.05, 0) is 68.1 Å². The SMILES string of the molecule is CN(C)C(=O)C(CCN1CCC(CCN2CCN(c3cccc(Cl)c3Cl)CC2)C1)(c1ccccc1)c1ccccc1. The molecular formula is C34H42Cl2N4O. The molecule has 3 aromatic carbocycles. The van der Waals surface area contributed by atoms with Crippen molar-refractivity contribution < 1.29 is 4.79 Å². The normalized spacial score (nSPS) is 18.5. The third-order valence-electron chi connectivity index (χ3n) is 8.98. The molecule has 0 N–H and O–H groups in total. The van der Waals surface area contributed by atoms with E-state index < -0.39 is 5.41 Å². The molecule has 0 radical (unpaired) electrons. The van der Waals surface area contributed by atoms with Gasteiger partial charge in [0.2, 0.25) is 5.91 Å². The van der Waals surface area contributed by atoms with Crippen molar-refractivity contribution in [1.82, 2.24) is 14.7 Å². The van der Waals surface area contributed by atoms with Gasteiger partial charge in [-0.2, -0.15) is 0 Å². The highest BCUT2D eigenvalue weighted by Gasteiger charge is 2.43. The Kier molecular flexibility index (Phi) is 9.92. The van der Waals surface area contributed by atoms with Gasteiger partial charge in [0.25, 0.3) is 0 Å². The lowest BCUT2D eigenvalue weighted by Gasteiger charge is -2.37. The van der Waals surface area contributed by atoms with Crippen LogP contribution in [0, 0.1) is 5.92 Å². The molecule has 41 heavy (non-hydrogen) atoms. The van der Waals surface area contributed by atoms with Crippen LogP contribution in [0.3, 0.4) is 0 Å². The van der Waals surface area contributed by atoms with Crippen LogP contribution < -0.4 is 4.90 Å². The zero-order chi connectivity index (χ0) is 28.8.